The number of hydrogen-bond acceptors (Lipinski definition) is 4. The van der Waals surface area contributed by atoms with Gasteiger partial charge in [0.2, 0.25) is 0 Å². The van der Waals surface area contributed by atoms with Gasteiger partial charge in [0.15, 0.2) is 0 Å². The van der Waals surface area contributed by atoms with Crippen LogP contribution < -0.4 is 4.74 Å². The molecular weight excluding hydrogens is 412 g/mol. The van der Waals surface area contributed by atoms with Crippen LogP contribution in [0, 0.1) is 13.8 Å². The zero-order chi connectivity index (χ0) is 22.4. The molecule has 0 N–H and O–H groups in total. The molecule has 3 rings (SSSR count). The van der Waals surface area contributed by atoms with E-state index in [9.17, 15) is 4.79 Å². The molecule has 31 heavy (non-hydrogen) atoms. The van der Waals surface area contributed by atoms with E-state index >= 15 is 0 Å². The van der Waals surface area contributed by atoms with Crippen LogP contribution in [0.1, 0.15) is 46.9 Å². The number of halogens is 1. The number of benzene rings is 2. The minimum Gasteiger partial charge on any atom is -0.491 e. The van der Waals surface area contributed by atoms with Gasteiger partial charge in [-0.05, 0) is 74.7 Å². The van der Waals surface area contributed by atoms with Crippen LogP contribution in [0.4, 0.5) is 0 Å². The summed E-state index contributed by atoms with van der Waals surface area (Å²) in [4.78, 5) is 17.1. The second-order valence-electron chi connectivity index (χ2n) is 7.96. The molecule has 1 amide bonds. The summed E-state index contributed by atoms with van der Waals surface area (Å²) in [6.07, 6.45) is 0. The van der Waals surface area contributed by atoms with E-state index in [-0.39, 0.29) is 11.9 Å². The highest BCUT2D eigenvalue weighted by molar-refractivity contribution is 6.30. The van der Waals surface area contributed by atoms with Gasteiger partial charge in [0.25, 0.3) is 5.91 Å². The summed E-state index contributed by atoms with van der Waals surface area (Å²) in [5.74, 6) is 0.996. The number of hydrogen-bond donors (Lipinski definition) is 0. The van der Waals surface area contributed by atoms with Crippen LogP contribution >= 0.6 is 11.6 Å². The van der Waals surface area contributed by atoms with E-state index in [1.807, 2.05) is 11.8 Å². The molecule has 0 spiro atoms. The fraction of sp³-hybridized carbons (Fsp3) is 0.480. The van der Waals surface area contributed by atoms with Crippen molar-refractivity contribution in [1.29, 1.82) is 0 Å². The molecule has 0 aliphatic carbocycles. The lowest BCUT2D eigenvalue weighted by Crippen LogP contribution is -2.49. The normalized spacial score (nSPS) is 15.7. The van der Waals surface area contributed by atoms with Crippen molar-refractivity contribution in [2.45, 2.75) is 33.7 Å². The molecule has 2 aromatic carbocycles. The molecule has 1 atom stereocenters. The van der Waals surface area contributed by atoms with Gasteiger partial charge in [0.1, 0.15) is 12.4 Å². The topological polar surface area (TPSA) is 42.0 Å². The van der Waals surface area contributed by atoms with Crippen LogP contribution in [0.2, 0.25) is 5.02 Å². The minimum absolute atomic E-state index is 0.0737. The van der Waals surface area contributed by atoms with Crippen molar-refractivity contribution in [2.75, 3.05) is 46.0 Å². The maximum atomic E-state index is 12.8. The van der Waals surface area contributed by atoms with E-state index < -0.39 is 0 Å². The Balaban J connectivity index is 1.60. The molecule has 0 aromatic heterocycles. The predicted molar refractivity (Wildman–Crippen MR) is 125 cm³/mol. The average molecular weight is 445 g/mol. The third-order valence-corrected chi connectivity index (χ3v) is 6.41. The second kappa shape index (κ2) is 11.0. The molecule has 168 valence electrons. The monoisotopic (exact) mass is 444 g/mol. The Morgan fingerprint density at radius 2 is 1.68 bits per heavy atom. The first-order valence-corrected chi connectivity index (χ1v) is 11.4. The zero-order valence-corrected chi connectivity index (χ0v) is 19.7. The smallest absolute Gasteiger partial charge is 0.253 e. The second-order valence-corrected chi connectivity index (χ2v) is 8.40. The number of carbonyl (C=O) groups is 1. The van der Waals surface area contributed by atoms with E-state index in [0.717, 1.165) is 31.9 Å². The lowest BCUT2D eigenvalue weighted by Gasteiger charge is -2.39. The Morgan fingerprint density at radius 3 is 2.32 bits per heavy atom. The zero-order valence-electron chi connectivity index (χ0n) is 19.0. The first-order chi connectivity index (χ1) is 14.9. The molecule has 1 unspecified atom stereocenters. The van der Waals surface area contributed by atoms with E-state index in [4.69, 9.17) is 21.1 Å². The van der Waals surface area contributed by atoms with Gasteiger partial charge >= 0.3 is 0 Å². The summed E-state index contributed by atoms with van der Waals surface area (Å²) in [7, 11) is 0. The van der Waals surface area contributed by atoms with Crippen molar-refractivity contribution in [3.63, 3.8) is 0 Å². The Hall–Kier alpha value is -2.08. The van der Waals surface area contributed by atoms with E-state index in [0.29, 0.717) is 30.4 Å². The van der Waals surface area contributed by atoms with Gasteiger partial charge in [-0.1, -0.05) is 17.7 Å². The standard InChI is InChI=1S/C25H33ClN2O3/c1-5-30-16-17-31-24-11-10-23(18(2)19(24)3)20(4)27-12-14-28(15-13-27)25(29)21-6-8-22(26)9-7-21/h6-11,20H,5,12-17H2,1-4H3. The number of rotatable bonds is 8. The van der Waals surface area contributed by atoms with Gasteiger partial charge in [-0.15, -0.1) is 0 Å². The lowest BCUT2D eigenvalue weighted by molar-refractivity contribution is 0.0581. The average Bonchev–Trinajstić information content (AvgIpc) is 2.79. The first kappa shape index (κ1) is 23.6. The number of nitrogens with zero attached hydrogens (tertiary/aromatic N) is 2. The maximum absolute atomic E-state index is 12.8. The third-order valence-electron chi connectivity index (χ3n) is 6.16. The van der Waals surface area contributed by atoms with Crippen LogP contribution in [-0.2, 0) is 4.74 Å². The quantitative estimate of drug-likeness (QED) is 0.543. The van der Waals surface area contributed by atoms with Crippen LogP contribution in [0.25, 0.3) is 0 Å². The first-order valence-electron chi connectivity index (χ1n) is 11.0. The van der Waals surface area contributed by atoms with Gasteiger partial charge < -0.3 is 14.4 Å². The summed E-state index contributed by atoms with van der Waals surface area (Å²) >= 11 is 5.94. The summed E-state index contributed by atoms with van der Waals surface area (Å²) < 4.78 is 11.3. The summed E-state index contributed by atoms with van der Waals surface area (Å²) in [6, 6.07) is 11.6. The van der Waals surface area contributed by atoms with Crippen LogP contribution in [0.15, 0.2) is 36.4 Å². The molecule has 6 heteroatoms. The van der Waals surface area contributed by atoms with Crippen molar-refractivity contribution < 1.29 is 14.3 Å². The molecular formula is C25H33ClN2O3. The van der Waals surface area contributed by atoms with Crippen molar-refractivity contribution >= 4 is 17.5 Å². The Kier molecular flexibility index (Phi) is 8.35. The van der Waals surface area contributed by atoms with Gasteiger partial charge in [-0.25, -0.2) is 0 Å². The molecule has 5 nitrogen and oxygen atoms in total. The van der Waals surface area contributed by atoms with E-state index in [1.165, 1.54) is 16.7 Å². The highest BCUT2D eigenvalue weighted by Gasteiger charge is 2.26. The van der Waals surface area contributed by atoms with Crippen LogP contribution in [-0.4, -0.2) is 61.7 Å². The van der Waals surface area contributed by atoms with Crippen molar-refractivity contribution in [1.82, 2.24) is 9.80 Å². The Morgan fingerprint density at radius 1 is 1.00 bits per heavy atom. The van der Waals surface area contributed by atoms with Crippen molar-refractivity contribution in [2.24, 2.45) is 0 Å². The van der Waals surface area contributed by atoms with Gasteiger partial charge in [-0.3, -0.25) is 9.69 Å². The molecule has 1 saturated heterocycles. The predicted octanol–water partition coefficient (Wildman–Crippen LogP) is 4.89. The summed E-state index contributed by atoms with van der Waals surface area (Å²) in [5, 5.41) is 0.645. The van der Waals surface area contributed by atoms with Crippen LogP contribution in [0.3, 0.4) is 0 Å². The third kappa shape index (κ3) is 5.79. The summed E-state index contributed by atoms with van der Waals surface area (Å²) in [6.45, 7) is 13.5. The van der Waals surface area contributed by atoms with Gasteiger partial charge in [-0.2, -0.15) is 0 Å². The molecule has 0 bridgehead atoms. The van der Waals surface area contributed by atoms with E-state index in [1.54, 1.807) is 24.3 Å². The van der Waals surface area contributed by atoms with Crippen molar-refractivity contribution in [3.8, 4) is 5.75 Å². The van der Waals surface area contributed by atoms with E-state index in [2.05, 4.69) is 37.8 Å². The molecule has 1 heterocycles. The number of carbonyl (C=O) groups excluding carboxylic acids is 1. The van der Waals surface area contributed by atoms with Crippen molar-refractivity contribution in [3.05, 3.63) is 63.7 Å². The molecule has 0 saturated carbocycles. The molecule has 2 aromatic rings. The number of amides is 1. The fourth-order valence-electron chi connectivity index (χ4n) is 4.06. The highest BCUT2D eigenvalue weighted by Crippen LogP contribution is 2.31. The number of ether oxygens (including phenoxy) is 2. The van der Waals surface area contributed by atoms with Crippen LogP contribution in [0.5, 0.6) is 5.75 Å². The maximum Gasteiger partial charge on any atom is 0.253 e. The summed E-state index contributed by atoms with van der Waals surface area (Å²) in [5.41, 5.74) is 4.45. The number of piperazine rings is 1. The highest BCUT2D eigenvalue weighted by atomic mass is 35.5. The molecule has 1 aliphatic rings. The van der Waals surface area contributed by atoms with Gasteiger partial charge in [0, 0.05) is 49.4 Å². The minimum atomic E-state index is 0.0737. The Labute approximate surface area is 190 Å². The Bertz CT molecular complexity index is 877. The lowest BCUT2D eigenvalue weighted by atomic mass is 9.96. The SMILES string of the molecule is CCOCCOc1ccc(C(C)N2CCN(C(=O)c3ccc(Cl)cc3)CC2)c(C)c1C. The van der Waals surface area contributed by atoms with Gasteiger partial charge in [0.05, 0.1) is 6.61 Å². The molecule has 1 aliphatic heterocycles. The largest absolute Gasteiger partial charge is 0.491 e. The molecule has 0 radical (unpaired) electrons. The fourth-order valence-corrected chi connectivity index (χ4v) is 4.19. The molecule has 1 fully saturated rings.